The largest absolute Gasteiger partial charge is 0.379 e. The van der Waals surface area contributed by atoms with Crippen molar-refractivity contribution in [1.82, 2.24) is 10.2 Å². The van der Waals surface area contributed by atoms with E-state index in [0.717, 1.165) is 12.1 Å². The fourth-order valence-corrected chi connectivity index (χ4v) is 2.71. The highest BCUT2D eigenvalue weighted by molar-refractivity contribution is 5.85. The molecule has 0 bridgehead atoms. The Morgan fingerprint density at radius 2 is 2.25 bits per heavy atom. The second-order valence-electron chi connectivity index (χ2n) is 5.52. The number of halogens is 2. The van der Waals surface area contributed by atoms with E-state index < -0.39 is 6.10 Å². The van der Waals surface area contributed by atoms with Crippen LogP contribution in [-0.4, -0.2) is 56.4 Å². The molecule has 2 rings (SSSR count). The van der Waals surface area contributed by atoms with Crippen molar-refractivity contribution in [2.45, 2.75) is 26.0 Å². The Morgan fingerprint density at radius 1 is 1.46 bits per heavy atom. The number of rotatable bonds is 7. The lowest BCUT2D eigenvalue weighted by atomic mass is 10.0. The number of piperazine rings is 1. The van der Waals surface area contributed by atoms with E-state index in [9.17, 15) is 9.18 Å². The smallest absolute Gasteiger partial charge is 0.252 e. The number of carbonyl (C=O) groups is 1. The van der Waals surface area contributed by atoms with Crippen molar-refractivity contribution in [3.63, 3.8) is 0 Å². The Hall–Kier alpha value is -1.21. The summed E-state index contributed by atoms with van der Waals surface area (Å²) >= 11 is 0. The van der Waals surface area contributed by atoms with Gasteiger partial charge in [0.1, 0.15) is 11.9 Å². The highest BCUT2D eigenvalue weighted by Gasteiger charge is 2.31. The normalized spacial score (nSPS) is 18.8. The summed E-state index contributed by atoms with van der Waals surface area (Å²) in [4.78, 5) is 14.4. The number of nitrogens with zero attached hydrogens (tertiary/aromatic N) is 1. The molecule has 0 saturated carbocycles. The molecule has 7 heteroatoms. The van der Waals surface area contributed by atoms with Crippen LogP contribution in [0, 0.1) is 5.82 Å². The van der Waals surface area contributed by atoms with Crippen LogP contribution in [0.1, 0.15) is 25.5 Å². The number of ether oxygens (including phenoxy) is 2. The first kappa shape index (κ1) is 20.8. The van der Waals surface area contributed by atoms with Crippen LogP contribution in [0.15, 0.2) is 24.3 Å². The molecular weight excluding hydrogens is 335 g/mol. The van der Waals surface area contributed by atoms with Crippen LogP contribution >= 0.6 is 12.4 Å². The Morgan fingerprint density at radius 3 is 2.96 bits per heavy atom. The summed E-state index contributed by atoms with van der Waals surface area (Å²) in [5, 5.41) is 3.26. The molecule has 1 fully saturated rings. The molecule has 0 radical (unpaired) electrons. The summed E-state index contributed by atoms with van der Waals surface area (Å²) in [6, 6.07) is 6.24. The average Bonchev–Trinajstić information content (AvgIpc) is 2.58. The van der Waals surface area contributed by atoms with Gasteiger partial charge in [0, 0.05) is 26.2 Å². The molecule has 1 heterocycles. The Kier molecular flexibility index (Phi) is 9.21. The maximum atomic E-state index is 13.5. The maximum Gasteiger partial charge on any atom is 0.252 e. The summed E-state index contributed by atoms with van der Waals surface area (Å²) in [6.45, 7) is 7.08. The van der Waals surface area contributed by atoms with Crippen molar-refractivity contribution >= 4 is 18.3 Å². The van der Waals surface area contributed by atoms with Crippen molar-refractivity contribution < 1.29 is 18.7 Å². The van der Waals surface area contributed by atoms with Gasteiger partial charge in [-0.25, -0.2) is 4.39 Å². The highest BCUT2D eigenvalue weighted by atomic mass is 35.5. The molecule has 1 aromatic rings. The monoisotopic (exact) mass is 360 g/mol. The first-order valence-corrected chi connectivity index (χ1v) is 8.09. The molecule has 1 aromatic carbocycles. The summed E-state index contributed by atoms with van der Waals surface area (Å²) in [5.74, 6) is -0.362. The third-order valence-electron chi connectivity index (χ3n) is 3.91. The number of benzene rings is 1. The van der Waals surface area contributed by atoms with Gasteiger partial charge in [0.2, 0.25) is 0 Å². The van der Waals surface area contributed by atoms with E-state index in [1.54, 1.807) is 17.9 Å². The standard InChI is InChI=1S/C17H25FN2O3.ClH/c1-3-22-9-10-23-13(2)17(21)20-8-7-19-12-16(20)14-5-4-6-15(18)11-14;/h4-6,11,13,16,19H,3,7-10,12H2,1-2H3;1H. The van der Waals surface area contributed by atoms with Crippen LogP contribution in [0.3, 0.4) is 0 Å². The Balaban J connectivity index is 0.00000288. The molecular formula is C17H26ClFN2O3. The summed E-state index contributed by atoms with van der Waals surface area (Å²) in [6.07, 6.45) is -0.537. The van der Waals surface area contributed by atoms with E-state index in [0.29, 0.717) is 32.9 Å². The van der Waals surface area contributed by atoms with Gasteiger partial charge in [0.05, 0.1) is 19.3 Å². The third kappa shape index (κ3) is 5.70. The van der Waals surface area contributed by atoms with Gasteiger partial charge in [-0.1, -0.05) is 12.1 Å². The molecule has 1 saturated heterocycles. The second-order valence-corrected chi connectivity index (χ2v) is 5.52. The molecule has 5 nitrogen and oxygen atoms in total. The molecule has 136 valence electrons. The lowest BCUT2D eigenvalue weighted by Gasteiger charge is -2.38. The zero-order valence-corrected chi connectivity index (χ0v) is 15.0. The van der Waals surface area contributed by atoms with Crippen LogP contribution in [0.4, 0.5) is 4.39 Å². The summed E-state index contributed by atoms with van der Waals surface area (Å²) < 4.78 is 24.3. The predicted molar refractivity (Wildman–Crippen MR) is 92.9 cm³/mol. The van der Waals surface area contributed by atoms with Crippen molar-refractivity contribution in [3.8, 4) is 0 Å². The molecule has 1 aliphatic heterocycles. The molecule has 0 aliphatic carbocycles. The summed E-state index contributed by atoms with van der Waals surface area (Å²) in [7, 11) is 0. The number of nitrogens with one attached hydrogen (secondary N) is 1. The van der Waals surface area contributed by atoms with Crippen molar-refractivity contribution in [2.75, 3.05) is 39.5 Å². The van der Waals surface area contributed by atoms with Crippen LogP contribution in [0.2, 0.25) is 0 Å². The number of amides is 1. The molecule has 1 N–H and O–H groups in total. The summed E-state index contributed by atoms with van der Waals surface area (Å²) in [5.41, 5.74) is 0.798. The lowest BCUT2D eigenvalue weighted by Crippen LogP contribution is -2.51. The quantitative estimate of drug-likeness (QED) is 0.757. The van der Waals surface area contributed by atoms with Gasteiger partial charge in [-0.05, 0) is 31.5 Å². The first-order chi connectivity index (χ1) is 11.1. The minimum atomic E-state index is -0.537. The minimum Gasteiger partial charge on any atom is -0.379 e. The van der Waals surface area contributed by atoms with Gasteiger partial charge >= 0.3 is 0 Å². The van der Waals surface area contributed by atoms with Crippen LogP contribution in [-0.2, 0) is 14.3 Å². The molecule has 0 spiro atoms. The van der Waals surface area contributed by atoms with E-state index >= 15 is 0 Å². The van der Waals surface area contributed by atoms with Crippen molar-refractivity contribution in [1.29, 1.82) is 0 Å². The first-order valence-electron chi connectivity index (χ1n) is 8.09. The SMILES string of the molecule is CCOCCOC(C)C(=O)N1CCNCC1c1cccc(F)c1.Cl. The molecule has 2 atom stereocenters. The molecule has 1 amide bonds. The molecule has 0 aromatic heterocycles. The average molecular weight is 361 g/mol. The second kappa shape index (κ2) is 10.6. The predicted octanol–water partition coefficient (Wildman–Crippen LogP) is 2.16. The minimum absolute atomic E-state index is 0. The van der Waals surface area contributed by atoms with E-state index in [4.69, 9.17) is 9.47 Å². The number of hydrogen-bond acceptors (Lipinski definition) is 4. The Labute approximate surface area is 148 Å². The van der Waals surface area contributed by atoms with Gasteiger partial charge < -0.3 is 19.7 Å². The molecule has 24 heavy (non-hydrogen) atoms. The van der Waals surface area contributed by atoms with Gasteiger partial charge in [-0.15, -0.1) is 12.4 Å². The van der Waals surface area contributed by atoms with Crippen LogP contribution in [0.25, 0.3) is 0 Å². The molecule has 2 unspecified atom stereocenters. The van der Waals surface area contributed by atoms with E-state index in [-0.39, 0.29) is 30.2 Å². The van der Waals surface area contributed by atoms with Gasteiger partial charge in [0.15, 0.2) is 0 Å². The van der Waals surface area contributed by atoms with Gasteiger partial charge in [-0.3, -0.25) is 4.79 Å². The lowest BCUT2D eigenvalue weighted by molar-refractivity contribution is -0.147. The van der Waals surface area contributed by atoms with Crippen LogP contribution < -0.4 is 5.32 Å². The van der Waals surface area contributed by atoms with Crippen molar-refractivity contribution in [2.24, 2.45) is 0 Å². The van der Waals surface area contributed by atoms with Crippen LogP contribution in [0.5, 0.6) is 0 Å². The highest BCUT2D eigenvalue weighted by Crippen LogP contribution is 2.24. The van der Waals surface area contributed by atoms with E-state index in [1.807, 2.05) is 13.0 Å². The molecule has 1 aliphatic rings. The fraction of sp³-hybridized carbons (Fsp3) is 0.588. The van der Waals surface area contributed by atoms with Gasteiger partial charge in [0.25, 0.3) is 5.91 Å². The topological polar surface area (TPSA) is 50.8 Å². The number of hydrogen-bond donors (Lipinski definition) is 1. The fourth-order valence-electron chi connectivity index (χ4n) is 2.71. The zero-order chi connectivity index (χ0) is 16.7. The number of carbonyl (C=O) groups excluding carboxylic acids is 1. The Bertz CT molecular complexity index is 518. The zero-order valence-electron chi connectivity index (χ0n) is 14.2. The maximum absolute atomic E-state index is 13.5. The van der Waals surface area contributed by atoms with Crippen molar-refractivity contribution in [3.05, 3.63) is 35.6 Å². The van der Waals surface area contributed by atoms with E-state index in [1.165, 1.54) is 12.1 Å². The third-order valence-corrected chi connectivity index (χ3v) is 3.91. The van der Waals surface area contributed by atoms with Gasteiger partial charge in [-0.2, -0.15) is 0 Å². The van der Waals surface area contributed by atoms with E-state index in [2.05, 4.69) is 5.32 Å².